The van der Waals surface area contributed by atoms with E-state index >= 15 is 0 Å². The molecule has 1 aromatic carbocycles. The minimum atomic E-state index is -0.518. The highest BCUT2D eigenvalue weighted by Crippen LogP contribution is 2.17. The summed E-state index contributed by atoms with van der Waals surface area (Å²) in [5.41, 5.74) is -0.496. The zero-order valence-electron chi connectivity index (χ0n) is 29.9. The third kappa shape index (κ3) is 31.3. The van der Waals surface area contributed by atoms with Gasteiger partial charge in [0.2, 0.25) is 0 Å². The maximum atomic E-state index is 11.5. The van der Waals surface area contributed by atoms with Gasteiger partial charge in [0, 0.05) is 18.7 Å². The van der Waals surface area contributed by atoms with Crippen LogP contribution in [-0.2, 0) is 52.1 Å². The van der Waals surface area contributed by atoms with Crippen LogP contribution in [-0.4, -0.2) is 162 Å². The van der Waals surface area contributed by atoms with Gasteiger partial charge in [-0.3, -0.25) is 10.1 Å². The number of nitrogens with one attached hydrogen (secondary N) is 1. The molecule has 50 heavy (non-hydrogen) atoms. The molecule has 0 unspecified atom stereocenters. The third-order valence-electron chi connectivity index (χ3n) is 5.81. The first-order valence-electron chi connectivity index (χ1n) is 16.9. The van der Waals surface area contributed by atoms with Gasteiger partial charge in [0.15, 0.2) is 0 Å². The van der Waals surface area contributed by atoms with Gasteiger partial charge in [-0.15, -0.1) is 0 Å². The summed E-state index contributed by atoms with van der Waals surface area (Å²) in [6, 6.07) is 5.90. The van der Waals surface area contributed by atoms with Gasteiger partial charge >= 0.3 is 6.09 Å². The second-order valence-corrected chi connectivity index (χ2v) is 11.2. The first kappa shape index (κ1) is 45.3. The lowest BCUT2D eigenvalue weighted by molar-refractivity contribution is -0.384. The highest BCUT2D eigenvalue weighted by atomic mass is 16.6. The van der Waals surface area contributed by atoms with Crippen molar-refractivity contribution in [3.8, 4) is 5.75 Å². The summed E-state index contributed by atoms with van der Waals surface area (Å²) in [6.07, 6.45) is -0.459. The van der Waals surface area contributed by atoms with Gasteiger partial charge < -0.3 is 62.2 Å². The molecule has 0 radical (unpaired) electrons. The summed E-state index contributed by atoms with van der Waals surface area (Å²) in [4.78, 5) is 21.7. The number of nitrogens with zero attached hydrogens (tertiary/aromatic N) is 1. The summed E-state index contributed by atoms with van der Waals surface area (Å²) in [5.74, 6) is 0.552. The van der Waals surface area contributed by atoms with Gasteiger partial charge in [0.05, 0.1) is 137 Å². The average molecular weight is 723 g/mol. The number of alkyl carbamates (subject to hydrolysis) is 1. The predicted molar refractivity (Wildman–Crippen MR) is 181 cm³/mol. The fourth-order valence-corrected chi connectivity index (χ4v) is 3.50. The molecule has 0 aliphatic carbocycles. The zero-order chi connectivity index (χ0) is 36.4. The van der Waals surface area contributed by atoms with E-state index in [0.717, 1.165) is 0 Å². The van der Waals surface area contributed by atoms with Crippen LogP contribution in [0.1, 0.15) is 20.8 Å². The SMILES string of the molecule is CC(C)(C)OC(=O)NCCOCCOCCOCCOCCOCCOCCOCCOCCOCCOCCOc1ccc([N+](=O)[O-])cc1. The zero-order valence-corrected chi connectivity index (χ0v) is 29.9. The molecule has 17 heteroatoms. The van der Waals surface area contributed by atoms with Crippen LogP contribution in [0.3, 0.4) is 0 Å². The third-order valence-corrected chi connectivity index (χ3v) is 5.81. The van der Waals surface area contributed by atoms with Gasteiger partial charge in [-0.1, -0.05) is 0 Å². The Bertz CT molecular complexity index is 935. The first-order chi connectivity index (χ1) is 24.3. The summed E-state index contributed by atoms with van der Waals surface area (Å²) >= 11 is 0. The maximum Gasteiger partial charge on any atom is 0.407 e. The number of ether oxygens (including phenoxy) is 12. The smallest absolute Gasteiger partial charge is 0.407 e. The van der Waals surface area contributed by atoms with E-state index < -0.39 is 16.6 Å². The molecule has 0 spiro atoms. The molecular formula is C33H58N2O15. The van der Waals surface area contributed by atoms with Gasteiger partial charge in [-0.2, -0.15) is 0 Å². The molecule has 0 saturated heterocycles. The Labute approximate surface area is 295 Å². The number of benzene rings is 1. The fraction of sp³-hybridized carbons (Fsp3) is 0.788. The van der Waals surface area contributed by atoms with Crippen LogP contribution in [0.25, 0.3) is 0 Å². The molecule has 0 saturated carbocycles. The Morgan fingerprint density at radius 3 is 1.14 bits per heavy atom. The number of non-ortho nitro benzene ring substituents is 1. The number of carbonyl (C=O) groups excluding carboxylic acids is 1. The van der Waals surface area contributed by atoms with E-state index in [1.165, 1.54) is 12.1 Å². The number of hydrogen-bond donors (Lipinski definition) is 1. The lowest BCUT2D eigenvalue weighted by atomic mass is 10.2. The molecular weight excluding hydrogens is 664 g/mol. The van der Waals surface area contributed by atoms with Crippen LogP contribution in [0.2, 0.25) is 0 Å². The van der Waals surface area contributed by atoms with Crippen molar-refractivity contribution in [2.45, 2.75) is 26.4 Å². The molecule has 0 aliphatic heterocycles. The molecule has 1 amide bonds. The van der Waals surface area contributed by atoms with Crippen LogP contribution >= 0.6 is 0 Å². The molecule has 17 nitrogen and oxygen atoms in total. The van der Waals surface area contributed by atoms with Crippen LogP contribution in [0.5, 0.6) is 5.75 Å². The molecule has 0 aromatic heterocycles. The molecule has 0 heterocycles. The highest BCUT2D eigenvalue weighted by Gasteiger charge is 2.15. The number of rotatable bonds is 35. The monoisotopic (exact) mass is 722 g/mol. The Hall–Kier alpha value is -2.71. The van der Waals surface area contributed by atoms with Gasteiger partial charge in [0.25, 0.3) is 5.69 Å². The second-order valence-electron chi connectivity index (χ2n) is 11.2. The van der Waals surface area contributed by atoms with Crippen molar-refractivity contribution in [1.29, 1.82) is 0 Å². The Morgan fingerprint density at radius 1 is 0.540 bits per heavy atom. The fourth-order valence-electron chi connectivity index (χ4n) is 3.50. The number of nitro groups is 1. The molecule has 0 bridgehead atoms. The maximum absolute atomic E-state index is 11.5. The van der Waals surface area contributed by atoms with Crippen LogP contribution in [0.4, 0.5) is 10.5 Å². The van der Waals surface area contributed by atoms with Crippen LogP contribution in [0.15, 0.2) is 24.3 Å². The topological polar surface area (TPSA) is 183 Å². The van der Waals surface area contributed by atoms with Crippen molar-refractivity contribution in [3.05, 3.63) is 34.4 Å². The first-order valence-corrected chi connectivity index (χ1v) is 16.9. The number of carbonyl (C=O) groups is 1. The quantitative estimate of drug-likeness (QED) is 0.0613. The molecule has 0 aliphatic rings. The van der Waals surface area contributed by atoms with E-state index in [0.29, 0.717) is 151 Å². The summed E-state index contributed by atoms with van der Waals surface area (Å²) in [6.45, 7) is 15.3. The van der Waals surface area contributed by atoms with E-state index in [2.05, 4.69) is 5.32 Å². The lowest BCUT2D eigenvalue weighted by Gasteiger charge is -2.19. The highest BCUT2D eigenvalue weighted by molar-refractivity contribution is 5.67. The number of hydrogen-bond acceptors (Lipinski definition) is 15. The average Bonchev–Trinajstić information content (AvgIpc) is 3.07. The molecule has 0 atom stereocenters. The lowest BCUT2D eigenvalue weighted by Crippen LogP contribution is -2.34. The molecule has 1 aromatic rings. The van der Waals surface area contributed by atoms with Crippen molar-refractivity contribution in [3.63, 3.8) is 0 Å². The van der Waals surface area contributed by atoms with E-state index in [4.69, 9.17) is 56.8 Å². The van der Waals surface area contributed by atoms with Gasteiger partial charge in [-0.25, -0.2) is 4.79 Å². The predicted octanol–water partition coefficient (Wildman–Crippen LogP) is 2.66. The Kier molecular flexibility index (Phi) is 29.2. The minimum absolute atomic E-state index is 0.0219. The van der Waals surface area contributed by atoms with Gasteiger partial charge in [0.1, 0.15) is 18.0 Å². The van der Waals surface area contributed by atoms with Crippen molar-refractivity contribution < 1.29 is 66.6 Å². The van der Waals surface area contributed by atoms with Crippen LogP contribution in [0, 0.1) is 10.1 Å². The minimum Gasteiger partial charge on any atom is -0.491 e. The van der Waals surface area contributed by atoms with Gasteiger partial charge in [-0.05, 0) is 32.9 Å². The van der Waals surface area contributed by atoms with Crippen molar-refractivity contribution >= 4 is 11.8 Å². The largest absolute Gasteiger partial charge is 0.491 e. The van der Waals surface area contributed by atoms with Crippen molar-refractivity contribution in [2.75, 3.05) is 145 Å². The normalized spacial score (nSPS) is 11.5. The van der Waals surface area contributed by atoms with E-state index in [-0.39, 0.29) is 5.69 Å². The van der Waals surface area contributed by atoms with Crippen LogP contribution < -0.4 is 10.1 Å². The van der Waals surface area contributed by atoms with Crippen molar-refractivity contribution in [2.24, 2.45) is 0 Å². The van der Waals surface area contributed by atoms with E-state index in [1.54, 1.807) is 12.1 Å². The summed E-state index contributed by atoms with van der Waals surface area (Å²) in [5, 5.41) is 13.3. The second kappa shape index (κ2) is 32.2. The summed E-state index contributed by atoms with van der Waals surface area (Å²) < 4.78 is 65.1. The standard InChI is InChI=1S/C33H58N2O15/c1-33(2,3)50-32(36)34-8-9-39-10-11-40-12-13-41-14-15-42-16-17-43-18-19-44-20-21-45-22-23-46-24-25-47-26-27-48-28-29-49-31-6-4-30(5-7-31)35(37)38/h4-7H,8-29H2,1-3H3,(H,34,36). The summed E-state index contributed by atoms with van der Waals surface area (Å²) in [7, 11) is 0. The number of nitro benzene ring substituents is 1. The molecule has 0 fully saturated rings. The molecule has 1 rings (SSSR count). The molecule has 290 valence electrons. The Balaban J connectivity index is 1.66. The molecule has 1 N–H and O–H groups in total. The van der Waals surface area contributed by atoms with E-state index in [1.807, 2.05) is 20.8 Å². The van der Waals surface area contributed by atoms with E-state index in [9.17, 15) is 14.9 Å². The Morgan fingerprint density at radius 2 is 0.840 bits per heavy atom. The van der Waals surface area contributed by atoms with Crippen molar-refractivity contribution in [1.82, 2.24) is 5.32 Å². The number of amides is 1.